The normalized spacial score (nSPS) is 28.5. The minimum absolute atomic E-state index is 0.270. The molecule has 1 rings (SSSR count). The fourth-order valence-electron chi connectivity index (χ4n) is 0.949. The van der Waals surface area contributed by atoms with Gasteiger partial charge in [0.25, 0.3) is 0 Å². The Morgan fingerprint density at radius 3 is 2.75 bits per heavy atom. The monoisotopic (exact) mass is 172 g/mol. The SMILES string of the molecule is CO[C@H]1C=C[C@H](OC(C)=O)CO1. The van der Waals surface area contributed by atoms with Gasteiger partial charge in [0.2, 0.25) is 0 Å². The first-order valence-electron chi connectivity index (χ1n) is 3.72. The molecule has 68 valence electrons. The van der Waals surface area contributed by atoms with Crippen LogP contribution in [0.5, 0.6) is 0 Å². The summed E-state index contributed by atoms with van der Waals surface area (Å²) in [4.78, 5) is 10.5. The van der Waals surface area contributed by atoms with E-state index in [4.69, 9.17) is 14.2 Å². The summed E-state index contributed by atoms with van der Waals surface area (Å²) in [6.07, 6.45) is 2.90. The van der Waals surface area contributed by atoms with E-state index in [-0.39, 0.29) is 18.4 Å². The van der Waals surface area contributed by atoms with Gasteiger partial charge in [-0.25, -0.2) is 0 Å². The van der Waals surface area contributed by atoms with Crippen LogP contribution in [0.1, 0.15) is 6.92 Å². The molecule has 0 saturated carbocycles. The van der Waals surface area contributed by atoms with Crippen molar-refractivity contribution in [2.24, 2.45) is 0 Å². The van der Waals surface area contributed by atoms with E-state index in [1.807, 2.05) is 0 Å². The van der Waals surface area contributed by atoms with Crippen LogP contribution in [0.15, 0.2) is 12.2 Å². The van der Waals surface area contributed by atoms with Gasteiger partial charge in [-0.1, -0.05) is 0 Å². The van der Waals surface area contributed by atoms with E-state index < -0.39 is 0 Å². The van der Waals surface area contributed by atoms with Gasteiger partial charge in [0, 0.05) is 14.0 Å². The molecule has 0 amide bonds. The van der Waals surface area contributed by atoms with Crippen molar-refractivity contribution in [1.29, 1.82) is 0 Å². The highest BCUT2D eigenvalue weighted by atomic mass is 16.7. The lowest BCUT2D eigenvalue weighted by Gasteiger charge is -2.21. The lowest BCUT2D eigenvalue weighted by molar-refractivity contribution is -0.156. The number of esters is 1. The van der Waals surface area contributed by atoms with E-state index in [1.54, 1.807) is 19.3 Å². The second-order valence-electron chi connectivity index (χ2n) is 2.47. The third-order valence-electron chi connectivity index (χ3n) is 1.46. The van der Waals surface area contributed by atoms with Crippen LogP contribution in [0, 0.1) is 0 Å². The molecule has 0 aromatic rings. The Morgan fingerprint density at radius 1 is 1.58 bits per heavy atom. The molecule has 0 fully saturated rings. The molecule has 1 heterocycles. The molecular weight excluding hydrogens is 160 g/mol. The molecule has 12 heavy (non-hydrogen) atoms. The van der Waals surface area contributed by atoms with Crippen molar-refractivity contribution in [3.05, 3.63) is 12.2 Å². The van der Waals surface area contributed by atoms with Crippen molar-refractivity contribution in [3.8, 4) is 0 Å². The predicted octanol–water partition coefficient (Wildman–Crippen LogP) is 0.477. The molecule has 4 heteroatoms. The van der Waals surface area contributed by atoms with Crippen molar-refractivity contribution in [2.45, 2.75) is 19.3 Å². The largest absolute Gasteiger partial charge is 0.456 e. The molecule has 1 aliphatic heterocycles. The van der Waals surface area contributed by atoms with E-state index in [0.29, 0.717) is 6.61 Å². The second kappa shape index (κ2) is 4.23. The molecule has 0 aromatic heterocycles. The molecule has 4 nitrogen and oxygen atoms in total. The maximum absolute atomic E-state index is 10.5. The number of carbonyl (C=O) groups excluding carboxylic acids is 1. The average molecular weight is 172 g/mol. The highest BCUT2D eigenvalue weighted by Gasteiger charge is 2.16. The van der Waals surface area contributed by atoms with Crippen molar-refractivity contribution in [2.75, 3.05) is 13.7 Å². The van der Waals surface area contributed by atoms with Crippen LogP contribution in [-0.4, -0.2) is 32.1 Å². The summed E-state index contributed by atoms with van der Waals surface area (Å²) in [6.45, 7) is 1.73. The van der Waals surface area contributed by atoms with Gasteiger partial charge in [0.05, 0.1) is 6.61 Å². The second-order valence-corrected chi connectivity index (χ2v) is 2.47. The summed E-state index contributed by atoms with van der Waals surface area (Å²) in [7, 11) is 1.56. The number of ether oxygens (including phenoxy) is 3. The Kier molecular flexibility index (Phi) is 3.25. The van der Waals surface area contributed by atoms with Gasteiger partial charge in [0.1, 0.15) is 6.10 Å². The van der Waals surface area contributed by atoms with E-state index in [1.165, 1.54) is 6.92 Å². The molecule has 0 aromatic carbocycles. The quantitative estimate of drug-likeness (QED) is 0.449. The summed E-state index contributed by atoms with van der Waals surface area (Å²) < 4.78 is 14.9. The zero-order valence-corrected chi connectivity index (χ0v) is 7.15. The van der Waals surface area contributed by atoms with Gasteiger partial charge in [-0.2, -0.15) is 0 Å². The first-order valence-corrected chi connectivity index (χ1v) is 3.72. The van der Waals surface area contributed by atoms with Crippen molar-refractivity contribution in [3.63, 3.8) is 0 Å². The van der Waals surface area contributed by atoms with Crippen molar-refractivity contribution in [1.82, 2.24) is 0 Å². The molecule has 0 unspecified atom stereocenters. The number of hydrogen-bond acceptors (Lipinski definition) is 4. The van der Waals surface area contributed by atoms with E-state index in [9.17, 15) is 4.79 Å². The van der Waals surface area contributed by atoms with Crippen LogP contribution in [0.3, 0.4) is 0 Å². The van der Waals surface area contributed by atoms with Crippen LogP contribution < -0.4 is 0 Å². The highest BCUT2D eigenvalue weighted by Crippen LogP contribution is 2.08. The van der Waals surface area contributed by atoms with Gasteiger partial charge in [0.15, 0.2) is 6.29 Å². The highest BCUT2D eigenvalue weighted by molar-refractivity contribution is 5.66. The van der Waals surface area contributed by atoms with Crippen molar-refractivity contribution >= 4 is 5.97 Å². The third kappa shape index (κ3) is 2.64. The van der Waals surface area contributed by atoms with Crippen LogP contribution in [0.25, 0.3) is 0 Å². The molecule has 0 aliphatic carbocycles. The lowest BCUT2D eigenvalue weighted by atomic mass is 10.3. The molecule has 2 atom stereocenters. The van der Waals surface area contributed by atoms with Gasteiger partial charge in [-0.3, -0.25) is 4.79 Å². The Bertz CT molecular complexity index is 187. The maximum Gasteiger partial charge on any atom is 0.303 e. The molecule has 0 spiro atoms. The third-order valence-corrected chi connectivity index (χ3v) is 1.46. The summed E-state index contributed by atoms with van der Waals surface area (Å²) in [6, 6.07) is 0. The summed E-state index contributed by atoms with van der Waals surface area (Å²) in [5.74, 6) is -0.302. The van der Waals surface area contributed by atoms with E-state index in [0.717, 1.165) is 0 Å². The number of rotatable bonds is 2. The molecule has 1 aliphatic rings. The van der Waals surface area contributed by atoms with Crippen LogP contribution >= 0.6 is 0 Å². The molecule has 0 saturated heterocycles. The standard InChI is InChI=1S/C8H12O4/c1-6(9)12-7-3-4-8(10-2)11-5-7/h3-4,7-8H,5H2,1-2H3/t7-,8+/m0/s1. The number of hydrogen-bond donors (Lipinski definition) is 0. The van der Waals surface area contributed by atoms with Gasteiger partial charge >= 0.3 is 5.97 Å². The average Bonchev–Trinajstić information content (AvgIpc) is 2.05. The predicted molar refractivity (Wildman–Crippen MR) is 41.4 cm³/mol. The van der Waals surface area contributed by atoms with Crippen LogP contribution in [0.2, 0.25) is 0 Å². The Labute approximate surface area is 71.1 Å². The number of methoxy groups -OCH3 is 1. The zero-order valence-electron chi connectivity index (χ0n) is 7.15. The summed E-state index contributed by atoms with van der Waals surface area (Å²) in [5, 5.41) is 0. The summed E-state index contributed by atoms with van der Waals surface area (Å²) >= 11 is 0. The van der Waals surface area contributed by atoms with Gasteiger partial charge < -0.3 is 14.2 Å². The molecule has 0 bridgehead atoms. The topological polar surface area (TPSA) is 44.8 Å². The first kappa shape index (κ1) is 9.22. The Hall–Kier alpha value is -0.870. The van der Waals surface area contributed by atoms with Gasteiger partial charge in [-0.15, -0.1) is 0 Å². The zero-order chi connectivity index (χ0) is 8.97. The Morgan fingerprint density at radius 2 is 2.33 bits per heavy atom. The molecular formula is C8H12O4. The molecule has 0 radical (unpaired) electrons. The van der Waals surface area contributed by atoms with Gasteiger partial charge in [-0.05, 0) is 12.2 Å². The van der Waals surface area contributed by atoms with E-state index in [2.05, 4.69) is 0 Å². The fraction of sp³-hybridized carbons (Fsp3) is 0.625. The fourth-order valence-corrected chi connectivity index (χ4v) is 0.949. The van der Waals surface area contributed by atoms with Crippen molar-refractivity contribution < 1.29 is 19.0 Å². The molecule has 0 N–H and O–H groups in total. The number of carbonyl (C=O) groups is 1. The minimum Gasteiger partial charge on any atom is -0.456 e. The van der Waals surface area contributed by atoms with Crippen LogP contribution in [0.4, 0.5) is 0 Å². The van der Waals surface area contributed by atoms with Crippen LogP contribution in [-0.2, 0) is 19.0 Å². The minimum atomic E-state index is -0.309. The summed E-state index contributed by atoms with van der Waals surface area (Å²) in [5.41, 5.74) is 0. The smallest absolute Gasteiger partial charge is 0.303 e. The van der Waals surface area contributed by atoms with E-state index >= 15 is 0 Å². The first-order chi connectivity index (χ1) is 5.72. The maximum atomic E-state index is 10.5. The Balaban J connectivity index is 2.37. The lowest BCUT2D eigenvalue weighted by Crippen LogP contribution is -2.28.